The normalized spacial score (nSPS) is 12.1. The molecule has 2 aromatic heterocycles. The van der Waals surface area contributed by atoms with Gasteiger partial charge in [0.1, 0.15) is 22.9 Å². The molecule has 2 amide bonds. The van der Waals surface area contributed by atoms with Crippen molar-refractivity contribution in [2.75, 3.05) is 13.6 Å². The molecular weight excluding hydrogens is 527 g/mol. The molecule has 6 nitrogen and oxygen atoms in total. The smallest absolute Gasteiger partial charge is 0.270 e. The standard InChI is InChI=1S/C32H30ClFN4O2/c1-21(2)19-36-29(39)18-14-22(8-6-9-23-7-4-5-10-27(23)33)25-13-17-28-37-30(24-11-15-26(34)16-12-24)31(32(40)35-3)38(28)20-25/h4-18,20-21H,19H2,1-3H3,(H,35,40)(H,36,39)/b9-6+,18-14+,22-8+. The molecule has 0 aliphatic rings. The van der Waals surface area contributed by atoms with Crippen LogP contribution in [0.1, 0.15) is 35.5 Å². The number of carbonyl (C=O) groups excluding carboxylic acids is 2. The Balaban J connectivity index is 1.80. The van der Waals surface area contributed by atoms with Crippen LogP contribution in [0.3, 0.4) is 0 Å². The Hall–Kier alpha value is -4.49. The number of allylic oxidation sites excluding steroid dienone is 4. The van der Waals surface area contributed by atoms with Crippen molar-refractivity contribution in [3.8, 4) is 11.3 Å². The van der Waals surface area contributed by atoms with E-state index in [0.29, 0.717) is 40.1 Å². The van der Waals surface area contributed by atoms with Crippen LogP contribution in [0.5, 0.6) is 0 Å². The van der Waals surface area contributed by atoms with Crippen molar-refractivity contribution in [3.05, 3.63) is 119 Å². The van der Waals surface area contributed by atoms with Crippen molar-refractivity contribution in [2.45, 2.75) is 13.8 Å². The van der Waals surface area contributed by atoms with Crippen LogP contribution in [0.15, 0.2) is 91.2 Å². The van der Waals surface area contributed by atoms with E-state index < -0.39 is 0 Å². The van der Waals surface area contributed by atoms with Gasteiger partial charge in [-0.2, -0.15) is 0 Å². The zero-order chi connectivity index (χ0) is 28.6. The fourth-order valence-electron chi connectivity index (χ4n) is 4.00. The second-order valence-corrected chi connectivity index (χ2v) is 9.92. The number of aromatic nitrogens is 2. The lowest BCUT2D eigenvalue weighted by atomic mass is 10.1. The Bertz CT molecular complexity index is 1620. The first-order valence-electron chi connectivity index (χ1n) is 12.9. The minimum absolute atomic E-state index is 0.206. The maximum Gasteiger partial charge on any atom is 0.270 e. The molecule has 0 fully saturated rings. The first kappa shape index (κ1) is 28.5. The maximum atomic E-state index is 13.6. The van der Waals surface area contributed by atoms with Gasteiger partial charge in [0.15, 0.2) is 0 Å². The number of imidazole rings is 1. The summed E-state index contributed by atoms with van der Waals surface area (Å²) in [5, 5.41) is 6.18. The second kappa shape index (κ2) is 13.0. The van der Waals surface area contributed by atoms with E-state index in [2.05, 4.69) is 15.6 Å². The molecule has 2 heterocycles. The summed E-state index contributed by atoms with van der Waals surface area (Å²) in [7, 11) is 1.55. The van der Waals surface area contributed by atoms with Crippen molar-refractivity contribution in [1.29, 1.82) is 0 Å². The molecule has 0 atom stereocenters. The Morgan fingerprint density at radius 1 is 1.05 bits per heavy atom. The van der Waals surface area contributed by atoms with Crippen molar-refractivity contribution in [3.63, 3.8) is 0 Å². The van der Waals surface area contributed by atoms with Crippen LogP contribution < -0.4 is 10.6 Å². The summed E-state index contributed by atoms with van der Waals surface area (Å²) in [6, 6.07) is 17.0. The number of benzene rings is 2. The van der Waals surface area contributed by atoms with Gasteiger partial charge in [-0.05, 0) is 71.2 Å². The number of halogens is 2. The quantitative estimate of drug-likeness (QED) is 0.181. The zero-order valence-corrected chi connectivity index (χ0v) is 23.2. The summed E-state index contributed by atoms with van der Waals surface area (Å²) < 4.78 is 15.3. The molecule has 2 aromatic carbocycles. The van der Waals surface area contributed by atoms with Crippen LogP contribution in [-0.2, 0) is 4.79 Å². The molecule has 0 saturated heterocycles. The van der Waals surface area contributed by atoms with E-state index in [9.17, 15) is 14.0 Å². The molecule has 0 bridgehead atoms. The molecule has 0 aliphatic heterocycles. The molecule has 40 heavy (non-hydrogen) atoms. The predicted molar refractivity (Wildman–Crippen MR) is 159 cm³/mol. The SMILES string of the molecule is CNC(=O)c1c(-c2ccc(F)cc2)nc2ccc(C(/C=C/C(=O)NCC(C)C)=C/C=C/c3ccccc3Cl)cn12. The number of fused-ring (bicyclic) bond motifs is 1. The summed E-state index contributed by atoms with van der Waals surface area (Å²) in [5.74, 6) is -0.590. The van der Waals surface area contributed by atoms with E-state index >= 15 is 0 Å². The van der Waals surface area contributed by atoms with Gasteiger partial charge in [-0.25, -0.2) is 9.37 Å². The van der Waals surface area contributed by atoms with Crippen LogP contribution in [0, 0.1) is 11.7 Å². The summed E-state index contributed by atoms with van der Waals surface area (Å²) in [6.07, 6.45) is 10.6. The number of rotatable bonds is 9. The second-order valence-electron chi connectivity index (χ2n) is 9.52. The molecule has 0 spiro atoms. The van der Waals surface area contributed by atoms with Gasteiger partial charge in [0.2, 0.25) is 5.91 Å². The van der Waals surface area contributed by atoms with Crippen LogP contribution in [0.2, 0.25) is 5.02 Å². The van der Waals surface area contributed by atoms with E-state index in [0.717, 1.165) is 16.7 Å². The number of nitrogens with zero attached hydrogens (tertiary/aromatic N) is 2. The monoisotopic (exact) mass is 556 g/mol. The maximum absolute atomic E-state index is 13.6. The number of pyridine rings is 1. The average Bonchev–Trinajstić information content (AvgIpc) is 3.33. The summed E-state index contributed by atoms with van der Waals surface area (Å²) >= 11 is 6.30. The highest BCUT2D eigenvalue weighted by Crippen LogP contribution is 2.27. The van der Waals surface area contributed by atoms with Gasteiger partial charge < -0.3 is 10.6 Å². The van der Waals surface area contributed by atoms with E-state index in [1.54, 1.807) is 41.9 Å². The number of carbonyl (C=O) groups is 2. The van der Waals surface area contributed by atoms with Gasteiger partial charge in [-0.1, -0.05) is 61.9 Å². The van der Waals surface area contributed by atoms with E-state index in [-0.39, 0.29) is 17.6 Å². The topological polar surface area (TPSA) is 75.5 Å². The Kier molecular flexibility index (Phi) is 9.30. The highest BCUT2D eigenvalue weighted by Gasteiger charge is 2.20. The third-order valence-corrected chi connectivity index (χ3v) is 6.41. The van der Waals surface area contributed by atoms with Gasteiger partial charge in [-0.15, -0.1) is 0 Å². The molecular formula is C32H30ClFN4O2. The first-order valence-corrected chi connectivity index (χ1v) is 13.2. The largest absolute Gasteiger partial charge is 0.354 e. The van der Waals surface area contributed by atoms with E-state index in [1.165, 1.54) is 18.2 Å². The zero-order valence-electron chi connectivity index (χ0n) is 22.5. The molecule has 0 saturated carbocycles. The summed E-state index contributed by atoms with van der Waals surface area (Å²) in [6.45, 7) is 4.62. The lowest BCUT2D eigenvalue weighted by Crippen LogP contribution is -2.25. The Morgan fingerprint density at radius 3 is 2.50 bits per heavy atom. The first-order chi connectivity index (χ1) is 19.3. The van der Waals surface area contributed by atoms with Gasteiger partial charge >= 0.3 is 0 Å². The molecule has 4 aromatic rings. The third-order valence-electron chi connectivity index (χ3n) is 6.07. The van der Waals surface area contributed by atoms with Crippen molar-refractivity contribution < 1.29 is 14.0 Å². The molecule has 2 N–H and O–H groups in total. The van der Waals surface area contributed by atoms with E-state index in [1.807, 2.05) is 62.4 Å². The average molecular weight is 557 g/mol. The number of hydrogen-bond acceptors (Lipinski definition) is 3. The lowest BCUT2D eigenvalue weighted by molar-refractivity contribution is -0.116. The number of hydrogen-bond donors (Lipinski definition) is 2. The van der Waals surface area contributed by atoms with Crippen molar-refractivity contribution >= 4 is 40.7 Å². The van der Waals surface area contributed by atoms with Gasteiger partial charge in [0.05, 0.1) is 0 Å². The van der Waals surface area contributed by atoms with Crippen molar-refractivity contribution in [1.82, 2.24) is 20.0 Å². The molecule has 8 heteroatoms. The minimum Gasteiger partial charge on any atom is -0.354 e. The van der Waals surface area contributed by atoms with Crippen molar-refractivity contribution in [2.24, 2.45) is 5.92 Å². The molecule has 0 aliphatic carbocycles. The van der Waals surface area contributed by atoms with Gasteiger partial charge in [0.25, 0.3) is 5.91 Å². The van der Waals surface area contributed by atoms with Gasteiger partial charge in [0, 0.05) is 36.5 Å². The fourth-order valence-corrected chi connectivity index (χ4v) is 4.20. The number of amides is 2. The molecule has 0 unspecified atom stereocenters. The summed E-state index contributed by atoms with van der Waals surface area (Å²) in [4.78, 5) is 30.1. The molecule has 4 rings (SSSR count). The van der Waals surface area contributed by atoms with Crippen LogP contribution in [0.4, 0.5) is 4.39 Å². The molecule has 204 valence electrons. The molecule has 0 radical (unpaired) electrons. The predicted octanol–water partition coefficient (Wildman–Crippen LogP) is 6.58. The minimum atomic E-state index is -0.375. The summed E-state index contributed by atoms with van der Waals surface area (Å²) in [5.41, 5.74) is 4.24. The van der Waals surface area contributed by atoms with E-state index in [4.69, 9.17) is 11.6 Å². The van der Waals surface area contributed by atoms with Crippen LogP contribution in [-0.4, -0.2) is 34.8 Å². The highest BCUT2D eigenvalue weighted by molar-refractivity contribution is 6.32. The number of nitrogens with one attached hydrogen (secondary N) is 2. The van der Waals surface area contributed by atoms with Crippen LogP contribution in [0.25, 0.3) is 28.6 Å². The third kappa shape index (κ3) is 6.93. The highest BCUT2D eigenvalue weighted by atomic mass is 35.5. The Morgan fingerprint density at radius 2 is 1.80 bits per heavy atom. The van der Waals surface area contributed by atoms with Crippen LogP contribution >= 0.6 is 11.6 Å². The Labute approximate surface area is 237 Å². The fraction of sp³-hybridized carbons (Fsp3) is 0.156. The lowest BCUT2D eigenvalue weighted by Gasteiger charge is -2.08. The van der Waals surface area contributed by atoms with Gasteiger partial charge in [-0.3, -0.25) is 14.0 Å².